The maximum atomic E-state index is 12.6. The van der Waals surface area contributed by atoms with Gasteiger partial charge in [0.05, 0.1) is 6.04 Å². The summed E-state index contributed by atoms with van der Waals surface area (Å²) in [5, 5.41) is 4.08. The highest BCUT2D eigenvalue weighted by molar-refractivity contribution is 7.86. The second kappa shape index (κ2) is 8.47. The van der Waals surface area contributed by atoms with Crippen molar-refractivity contribution in [1.29, 1.82) is 0 Å². The van der Waals surface area contributed by atoms with Crippen molar-refractivity contribution in [3.63, 3.8) is 0 Å². The molecule has 0 N–H and O–H groups in total. The molecule has 0 bridgehead atoms. The lowest BCUT2D eigenvalue weighted by Gasteiger charge is -2.37. The van der Waals surface area contributed by atoms with Crippen LogP contribution in [0.5, 0.6) is 0 Å². The average Bonchev–Trinajstić information content (AvgIpc) is 3.19. The molecule has 148 valence electrons. The van der Waals surface area contributed by atoms with E-state index in [1.165, 1.54) is 4.31 Å². The van der Waals surface area contributed by atoms with E-state index >= 15 is 0 Å². The number of aromatic nitrogens is 2. The minimum absolute atomic E-state index is 0.0618. The number of rotatable bonds is 7. The van der Waals surface area contributed by atoms with Crippen molar-refractivity contribution >= 4 is 10.2 Å². The molecule has 1 fully saturated rings. The van der Waals surface area contributed by atoms with Gasteiger partial charge in [-0.05, 0) is 6.92 Å². The van der Waals surface area contributed by atoms with Crippen LogP contribution in [0.1, 0.15) is 32.7 Å². The Morgan fingerprint density at radius 2 is 1.74 bits per heavy atom. The highest BCUT2D eigenvalue weighted by Gasteiger charge is 2.33. The van der Waals surface area contributed by atoms with Crippen LogP contribution < -0.4 is 0 Å². The van der Waals surface area contributed by atoms with E-state index in [-0.39, 0.29) is 6.04 Å². The van der Waals surface area contributed by atoms with Gasteiger partial charge in [-0.25, -0.2) is 0 Å². The van der Waals surface area contributed by atoms with Crippen molar-refractivity contribution in [2.75, 3.05) is 39.3 Å². The predicted molar refractivity (Wildman–Crippen MR) is 103 cm³/mol. The Hall–Kier alpha value is -1.81. The van der Waals surface area contributed by atoms with Crippen LogP contribution in [0.25, 0.3) is 11.4 Å². The van der Waals surface area contributed by atoms with Gasteiger partial charge in [-0.15, -0.1) is 0 Å². The van der Waals surface area contributed by atoms with E-state index in [2.05, 4.69) is 15.0 Å². The smallest absolute Gasteiger partial charge is 0.282 e. The van der Waals surface area contributed by atoms with Gasteiger partial charge >= 0.3 is 0 Å². The van der Waals surface area contributed by atoms with Crippen LogP contribution in [0.4, 0.5) is 0 Å². The third-order valence-electron chi connectivity index (χ3n) is 5.01. The molecular formula is C18H27N5O3S. The Morgan fingerprint density at radius 1 is 1.11 bits per heavy atom. The molecule has 27 heavy (non-hydrogen) atoms. The topological polar surface area (TPSA) is 82.8 Å². The molecule has 0 radical (unpaired) electrons. The lowest BCUT2D eigenvalue weighted by Crippen LogP contribution is -2.53. The maximum Gasteiger partial charge on any atom is 0.282 e. The van der Waals surface area contributed by atoms with Crippen molar-refractivity contribution in [2.45, 2.75) is 26.8 Å². The predicted octanol–water partition coefficient (Wildman–Crippen LogP) is 2.00. The number of hydrogen-bond donors (Lipinski definition) is 0. The zero-order valence-corrected chi connectivity index (χ0v) is 16.9. The lowest BCUT2D eigenvalue weighted by atomic mass is 10.2. The summed E-state index contributed by atoms with van der Waals surface area (Å²) in [4.78, 5) is 6.70. The maximum absolute atomic E-state index is 12.6. The molecule has 1 atom stereocenters. The van der Waals surface area contributed by atoms with Crippen LogP contribution in [-0.2, 0) is 10.2 Å². The average molecular weight is 394 g/mol. The van der Waals surface area contributed by atoms with Crippen molar-refractivity contribution in [2.24, 2.45) is 0 Å². The van der Waals surface area contributed by atoms with Crippen LogP contribution in [0.2, 0.25) is 0 Å². The van der Waals surface area contributed by atoms with Crippen LogP contribution in [0, 0.1) is 0 Å². The highest BCUT2D eigenvalue weighted by atomic mass is 32.2. The lowest BCUT2D eigenvalue weighted by molar-refractivity contribution is 0.121. The summed E-state index contributed by atoms with van der Waals surface area (Å²) >= 11 is 0. The minimum Gasteiger partial charge on any atom is -0.337 e. The zero-order valence-electron chi connectivity index (χ0n) is 16.1. The van der Waals surface area contributed by atoms with Gasteiger partial charge in [-0.1, -0.05) is 49.3 Å². The molecule has 9 heteroatoms. The summed E-state index contributed by atoms with van der Waals surface area (Å²) in [6, 6.07) is 9.63. The molecule has 1 aliphatic heterocycles. The number of piperazine rings is 1. The zero-order chi connectivity index (χ0) is 19.4. The molecule has 0 amide bonds. The van der Waals surface area contributed by atoms with Gasteiger partial charge in [0.1, 0.15) is 0 Å². The van der Waals surface area contributed by atoms with E-state index in [4.69, 9.17) is 4.52 Å². The molecule has 1 aliphatic rings. The molecule has 8 nitrogen and oxygen atoms in total. The van der Waals surface area contributed by atoms with Gasteiger partial charge in [-0.3, -0.25) is 4.90 Å². The van der Waals surface area contributed by atoms with Crippen LogP contribution in [-0.4, -0.2) is 71.3 Å². The second-order valence-electron chi connectivity index (χ2n) is 6.53. The van der Waals surface area contributed by atoms with Crippen molar-refractivity contribution < 1.29 is 12.9 Å². The normalized spacial score (nSPS) is 18.1. The summed E-state index contributed by atoms with van der Waals surface area (Å²) in [7, 11) is -3.38. The summed E-state index contributed by atoms with van der Waals surface area (Å²) in [6.07, 6.45) is 0. The van der Waals surface area contributed by atoms with E-state index < -0.39 is 10.2 Å². The number of benzene rings is 1. The Kier molecular flexibility index (Phi) is 6.25. The van der Waals surface area contributed by atoms with E-state index in [0.717, 1.165) is 5.56 Å². The van der Waals surface area contributed by atoms with Crippen LogP contribution in [0.15, 0.2) is 34.9 Å². The van der Waals surface area contributed by atoms with Gasteiger partial charge in [0.25, 0.3) is 10.2 Å². The minimum atomic E-state index is -3.38. The van der Waals surface area contributed by atoms with Gasteiger partial charge in [0.15, 0.2) is 0 Å². The van der Waals surface area contributed by atoms with E-state index in [1.807, 2.05) is 51.1 Å². The highest BCUT2D eigenvalue weighted by Crippen LogP contribution is 2.24. The fraction of sp³-hybridized carbons (Fsp3) is 0.556. The molecule has 2 aromatic rings. The van der Waals surface area contributed by atoms with E-state index in [0.29, 0.717) is 51.0 Å². The molecule has 3 rings (SSSR count). The first kappa shape index (κ1) is 19.9. The molecule has 0 spiro atoms. The first-order valence-electron chi connectivity index (χ1n) is 9.35. The monoisotopic (exact) mass is 393 g/mol. The summed E-state index contributed by atoms with van der Waals surface area (Å²) in [5.74, 6) is 1.12. The molecule has 0 saturated carbocycles. The molecule has 1 aromatic carbocycles. The van der Waals surface area contributed by atoms with Gasteiger partial charge in [-0.2, -0.15) is 22.0 Å². The Balaban J connectivity index is 1.64. The molecule has 1 aromatic heterocycles. The van der Waals surface area contributed by atoms with Gasteiger partial charge < -0.3 is 4.52 Å². The summed E-state index contributed by atoms with van der Waals surface area (Å²) < 4.78 is 33.8. The second-order valence-corrected chi connectivity index (χ2v) is 8.45. The van der Waals surface area contributed by atoms with E-state index in [1.54, 1.807) is 4.31 Å². The summed E-state index contributed by atoms with van der Waals surface area (Å²) in [6.45, 7) is 8.88. The third kappa shape index (κ3) is 4.21. The third-order valence-corrected chi connectivity index (χ3v) is 7.20. The van der Waals surface area contributed by atoms with Crippen molar-refractivity contribution in [3.05, 3.63) is 36.2 Å². The van der Waals surface area contributed by atoms with Crippen LogP contribution >= 0.6 is 0 Å². The van der Waals surface area contributed by atoms with Crippen LogP contribution in [0.3, 0.4) is 0 Å². The molecular weight excluding hydrogens is 366 g/mol. The number of nitrogens with zero attached hydrogens (tertiary/aromatic N) is 5. The van der Waals surface area contributed by atoms with Crippen molar-refractivity contribution in [3.8, 4) is 11.4 Å². The molecule has 0 aliphatic carbocycles. The SMILES string of the molecule is CCN(CC)S(=O)(=O)N1CCN([C@@H](C)c2nc(-c3ccccc3)no2)CC1. The van der Waals surface area contributed by atoms with E-state index in [9.17, 15) is 8.42 Å². The number of hydrogen-bond acceptors (Lipinski definition) is 6. The Bertz CT molecular complexity index is 828. The molecule has 0 unspecified atom stereocenters. The Morgan fingerprint density at radius 3 is 2.33 bits per heavy atom. The fourth-order valence-electron chi connectivity index (χ4n) is 3.30. The van der Waals surface area contributed by atoms with Gasteiger partial charge in [0, 0.05) is 44.8 Å². The molecule has 2 heterocycles. The van der Waals surface area contributed by atoms with Gasteiger partial charge in [0.2, 0.25) is 11.7 Å². The standard InChI is InChI=1S/C18H27N5O3S/c1-4-22(5-2)27(24,25)23-13-11-21(12-14-23)15(3)18-19-17(20-26-18)16-9-7-6-8-10-16/h6-10,15H,4-5,11-14H2,1-3H3/t15-/m0/s1. The summed E-state index contributed by atoms with van der Waals surface area (Å²) in [5.41, 5.74) is 0.912. The first-order chi connectivity index (χ1) is 13.0. The first-order valence-corrected chi connectivity index (χ1v) is 10.7. The largest absolute Gasteiger partial charge is 0.337 e. The Labute approximate surface area is 160 Å². The molecule has 1 saturated heterocycles. The fourth-order valence-corrected chi connectivity index (χ4v) is 4.90. The quantitative estimate of drug-likeness (QED) is 0.716. The van der Waals surface area contributed by atoms with Crippen molar-refractivity contribution in [1.82, 2.24) is 23.7 Å².